The van der Waals surface area contributed by atoms with Crippen molar-refractivity contribution in [1.29, 1.82) is 0 Å². The van der Waals surface area contributed by atoms with Gasteiger partial charge in [0, 0.05) is 45.6 Å². The van der Waals surface area contributed by atoms with Crippen LogP contribution in [0, 0.1) is 29.6 Å². The molecule has 92 heavy (non-hydrogen) atoms. The largest absolute Gasteiger partial charge is 0.497 e. The second kappa shape index (κ2) is 36.7. The number of ether oxygens (including phenoxy) is 6. The number of esters is 1. The molecule has 16 heteroatoms. The predicted octanol–water partition coefficient (Wildman–Crippen LogP) is 18.8. The van der Waals surface area contributed by atoms with Crippen LogP contribution < -0.4 is 4.74 Å². The molecule has 13 nitrogen and oxygen atoms in total. The van der Waals surface area contributed by atoms with Crippen molar-refractivity contribution in [2.45, 2.75) is 328 Å². The first-order valence-corrected chi connectivity index (χ1v) is 43.0. The molecule has 2 heterocycles. The Morgan fingerprint density at radius 1 is 0.685 bits per heavy atom. The molecule has 1 saturated heterocycles. The minimum absolute atomic E-state index is 0.0199. The first-order chi connectivity index (χ1) is 43.0. The van der Waals surface area contributed by atoms with Gasteiger partial charge in [-0.1, -0.05) is 161 Å². The van der Waals surface area contributed by atoms with Crippen LogP contribution in [-0.4, -0.2) is 137 Å². The topological polar surface area (TPSA) is 138 Å². The molecular formula is C76H135NO12Si3. The standard InChI is InChI=1S/C76H135NO12Si3/c1-28-31-62-41-55(14)40-56(15)42-70(83-24)74(89-90(26,27)76(19,20)21)71(84-25)44-57(16)65(78)46-72(79)77-39-30-29-32-64(77)75(80)86-73(58(17)43-61-35-38-66(69(45-61)82-23)87-91(49(2)3,50(4)5)51(6)7)59(18)67(88-92(52(8)9,53(10)11)54(12)13)47-68(62)85-48-60-33-36-63(81-22)37-34-60/h28,33-34,36-37,41,43,49-54,56-57,59,61-62,64,66-71,73-74H,1,29-32,35,38-40,42,44-48H2,2-27H3/b55-41+,58-43+/t56-,57+,59+,61-,62+,64-,66+,67-,68-,69+,70-,71-,73+,74+/m0/s1. The van der Waals surface area contributed by atoms with Crippen LogP contribution in [0.1, 0.15) is 221 Å². The van der Waals surface area contributed by atoms with Crippen molar-refractivity contribution >= 4 is 42.6 Å². The summed E-state index contributed by atoms with van der Waals surface area (Å²) in [5, 5.41) is -0.120. The van der Waals surface area contributed by atoms with Gasteiger partial charge < -0.3 is 46.6 Å². The van der Waals surface area contributed by atoms with Crippen molar-refractivity contribution < 1.29 is 56.1 Å². The molecule has 0 radical (unpaired) electrons. The maximum absolute atomic E-state index is 15.7. The molecule has 3 aliphatic rings. The smallest absolute Gasteiger partial charge is 0.329 e. The zero-order chi connectivity index (χ0) is 69.4. The zero-order valence-corrected chi connectivity index (χ0v) is 66.0. The molecule has 14 atom stereocenters. The number of cyclic esters (lactones) is 1. The quantitative estimate of drug-likeness (QED) is 0.0446. The van der Waals surface area contributed by atoms with Gasteiger partial charge in [-0.05, 0) is 171 Å². The molecule has 4 rings (SSSR count). The minimum atomic E-state index is -2.70. The third-order valence-corrected chi connectivity index (χ3v) is 39.1. The van der Waals surface area contributed by atoms with Crippen molar-refractivity contribution in [3.05, 3.63) is 65.8 Å². The molecule has 1 aliphatic carbocycles. The van der Waals surface area contributed by atoms with E-state index in [-0.39, 0.29) is 87.9 Å². The number of Topliss-reactive ketones (excluding diaryl/α,β-unsaturated/α-hetero) is 1. The average molecular weight is 1340 g/mol. The Labute approximate surface area is 565 Å². The van der Waals surface area contributed by atoms with Crippen LogP contribution in [0.4, 0.5) is 0 Å². The fraction of sp³-hybridized carbons (Fsp3) is 0.803. The van der Waals surface area contributed by atoms with Crippen LogP contribution in [0.15, 0.2) is 60.2 Å². The van der Waals surface area contributed by atoms with Crippen molar-refractivity contribution in [1.82, 2.24) is 4.90 Å². The lowest BCUT2D eigenvalue weighted by atomic mass is 9.81. The molecule has 1 aromatic carbocycles. The van der Waals surface area contributed by atoms with Gasteiger partial charge in [0.15, 0.2) is 8.32 Å². The van der Waals surface area contributed by atoms with E-state index >= 15 is 4.79 Å². The van der Waals surface area contributed by atoms with E-state index in [1.54, 1.807) is 26.2 Å². The Morgan fingerprint density at radius 2 is 1.23 bits per heavy atom. The van der Waals surface area contributed by atoms with Gasteiger partial charge in [0.2, 0.25) is 22.5 Å². The molecule has 1 aromatic rings. The van der Waals surface area contributed by atoms with Crippen molar-refractivity contribution in [2.24, 2.45) is 29.6 Å². The third-order valence-electron chi connectivity index (χ3n) is 22.4. The zero-order valence-electron chi connectivity index (χ0n) is 63.0. The Balaban J connectivity index is 2.06. The molecule has 2 aliphatic heterocycles. The molecule has 0 aromatic heterocycles. The summed E-state index contributed by atoms with van der Waals surface area (Å²) in [5.41, 5.74) is 5.27. The number of allylic oxidation sites excluding steroid dienone is 3. The summed E-state index contributed by atoms with van der Waals surface area (Å²) >= 11 is 0. The number of ketones is 1. The van der Waals surface area contributed by atoms with E-state index < -0.39 is 67.3 Å². The Kier molecular flexibility index (Phi) is 32.6. The van der Waals surface area contributed by atoms with Crippen LogP contribution in [0.3, 0.4) is 0 Å². The Bertz CT molecular complexity index is 2440. The molecule has 0 spiro atoms. The van der Waals surface area contributed by atoms with Crippen LogP contribution in [-0.2, 0) is 58.0 Å². The van der Waals surface area contributed by atoms with Gasteiger partial charge in [-0.2, -0.15) is 0 Å². The van der Waals surface area contributed by atoms with Crippen molar-refractivity contribution in [2.75, 3.05) is 35.0 Å². The molecule has 1 saturated carbocycles. The number of amides is 1. The van der Waals surface area contributed by atoms with Crippen LogP contribution >= 0.6 is 0 Å². The minimum Gasteiger partial charge on any atom is -0.497 e. The van der Waals surface area contributed by atoms with E-state index in [0.29, 0.717) is 61.9 Å². The van der Waals surface area contributed by atoms with Crippen LogP contribution in [0.25, 0.3) is 0 Å². The highest BCUT2D eigenvalue weighted by atomic mass is 28.4. The van der Waals surface area contributed by atoms with Gasteiger partial charge in [0.25, 0.3) is 0 Å². The lowest BCUT2D eigenvalue weighted by molar-refractivity contribution is -0.164. The first kappa shape index (κ1) is 81.6. The fourth-order valence-electron chi connectivity index (χ4n) is 16.4. The monoisotopic (exact) mass is 1340 g/mol. The highest BCUT2D eigenvalue weighted by molar-refractivity contribution is 6.78. The number of nitrogens with zero attached hydrogens (tertiary/aromatic N) is 1. The van der Waals surface area contributed by atoms with Gasteiger partial charge in [0.05, 0.1) is 62.9 Å². The molecule has 0 unspecified atom stereocenters. The van der Waals surface area contributed by atoms with Gasteiger partial charge in [-0.3, -0.25) is 9.59 Å². The average Bonchev–Trinajstić information content (AvgIpc) is 0.856. The van der Waals surface area contributed by atoms with E-state index in [1.165, 1.54) is 5.57 Å². The molecular weight excluding hydrogens is 1200 g/mol. The van der Waals surface area contributed by atoms with Gasteiger partial charge in [-0.15, -0.1) is 6.58 Å². The Morgan fingerprint density at radius 3 is 1.74 bits per heavy atom. The number of fused-ring (bicyclic) bond motifs is 1. The second-order valence-electron chi connectivity index (χ2n) is 31.9. The summed E-state index contributed by atoms with van der Waals surface area (Å²) in [6, 6.07) is 7.23. The number of rotatable bonds is 23. The number of methoxy groups -OCH3 is 4. The Hall–Kier alpha value is -2.78. The van der Waals surface area contributed by atoms with Gasteiger partial charge >= 0.3 is 5.97 Å². The SMILES string of the molecule is C=CC[C@@H]1/C=C(\C)C[C@H](C)C[C@H](OC)[C@@H](O[Si](C)(C)C(C)(C)C)[C@@H](OC)C[C@@H](C)C(=O)CC(=O)N2CCCC[C@H]2C(=O)O[C@H](/C(C)=C/[C@@H]2CC[C@@H](O[Si](C(C)C)(C(C)C)C(C)C)[C@H](OC)C2)[C@H](C)[C@@H](O[Si](C(C)C)(C(C)C)C(C)C)C[C@@H]1OCc1ccc(OC)cc1. The van der Waals surface area contributed by atoms with E-state index in [0.717, 1.165) is 55.4 Å². The summed E-state index contributed by atoms with van der Waals surface area (Å²) in [7, 11) is -0.420. The number of benzene rings is 1. The number of hydrogen-bond donors (Lipinski definition) is 0. The summed E-state index contributed by atoms with van der Waals surface area (Å²) in [5.74, 6) is -0.995. The van der Waals surface area contributed by atoms with E-state index in [9.17, 15) is 9.59 Å². The second-order valence-corrected chi connectivity index (χ2v) is 47.4. The predicted molar refractivity (Wildman–Crippen MR) is 386 cm³/mol. The number of piperidine rings is 1. The normalized spacial score (nSPS) is 29.9. The van der Waals surface area contributed by atoms with Crippen LogP contribution in [0.2, 0.25) is 51.4 Å². The molecule has 1 amide bonds. The highest BCUT2D eigenvalue weighted by Crippen LogP contribution is 2.48. The summed E-state index contributed by atoms with van der Waals surface area (Å²) < 4.78 is 62.5. The summed E-state index contributed by atoms with van der Waals surface area (Å²) in [6.07, 6.45) is 10.8. The lowest BCUT2D eigenvalue weighted by Gasteiger charge is -2.48. The highest BCUT2D eigenvalue weighted by Gasteiger charge is 2.52. The lowest BCUT2D eigenvalue weighted by Crippen LogP contribution is -2.54. The van der Waals surface area contributed by atoms with Crippen LogP contribution in [0.5, 0.6) is 5.75 Å². The number of carbonyl (C=O) groups is 3. The maximum atomic E-state index is 15.7. The summed E-state index contributed by atoms with van der Waals surface area (Å²) in [4.78, 5) is 46.8. The van der Waals surface area contributed by atoms with E-state index in [4.69, 9.17) is 41.7 Å². The molecule has 2 fully saturated rings. The fourth-order valence-corrected chi connectivity index (χ4v) is 29.0. The van der Waals surface area contributed by atoms with E-state index in [2.05, 4.69) is 176 Å². The van der Waals surface area contributed by atoms with Gasteiger partial charge in [-0.25, -0.2) is 4.79 Å². The number of carbonyl (C=O) groups excluding carboxylic acids is 3. The molecule has 0 bridgehead atoms. The van der Waals surface area contributed by atoms with Crippen molar-refractivity contribution in [3.63, 3.8) is 0 Å². The maximum Gasteiger partial charge on any atom is 0.329 e. The molecule has 0 N–H and O–H groups in total. The first-order valence-electron chi connectivity index (χ1n) is 35.8. The van der Waals surface area contributed by atoms with Gasteiger partial charge in [0.1, 0.15) is 23.7 Å². The summed E-state index contributed by atoms with van der Waals surface area (Å²) in [6.45, 7) is 55.1. The third kappa shape index (κ3) is 21.1. The van der Waals surface area contributed by atoms with Crippen molar-refractivity contribution in [3.8, 4) is 5.75 Å². The number of hydrogen-bond acceptors (Lipinski definition) is 12. The molecule has 528 valence electrons. The van der Waals surface area contributed by atoms with E-state index in [1.807, 2.05) is 32.2 Å².